The highest BCUT2D eigenvalue weighted by molar-refractivity contribution is 5.91. The molecule has 4 nitrogen and oxygen atoms in total. The van der Waals surface area contributed by atoms with Crippen molar-refractivity contribution in [1.82, 2.24) is 5.32 Å². The molecule has 11 heavy (non-hydrogen) atoms. The highest BCUT2D eigenvalue weighted by atomic mass is 16.4. The number of nitrogens with one attached hydrogen (secondary N) is 1. The predicted octanol–water partition coefficient (Wildman–Crippen LogP) is -0.170. The summed E-state index contributed by atoms with van der Waals surface area (Å²) in [4.78, 5) is 20.4. The predicted molar refractivity (Wildman–Crippen MR) is 37.2 cm³/mol. The standard InChI is InChI=1S/C7H5NO3/c9-4-6-3-5(7(10)11)1-2-8-6/h1-3,8H,(H,10,11). The Kier molecular flexibility index (Phi) is 1.90. The van der Waals surface area contributed by atoms with Gasteiger partial charge in [0.25, 0.3) is 0 Å². The molecule has 1 rings (SSSR count). The van der Waals surface area contributed by atoms with E-state index in [4.69, 9.17) is 5.11 Å². The maximum absolute atomic E-state index is 10.3. The largest absolute Gasteiger partial charge is 0.478 e. The van der Waals surface area contributed by atoms with E-state index in [2.05, 4.69) is 5.32 Å². The number of rotatable bonds is 1. The molecular formula is C7H5NO3. The molecule has 0 atom stereocenters. The van der Waals surface area contributed by atoms with Gasteiger partial charge in [-0.2, -0.15) is 0 Å². The molecule has 1 aliphatic heterocycles. The molecule has 1 aliphatic rings. The first-order chi connectivity index (χ1) is 5.24. The van der Waals surface area contributed by atoms with Crippen molar-refractivity contribution in [3.8, 4) is 0 Å². The van der Waals surface area contributed by atoms with Crippen molar-refractivity contribution in [2.45, 2.75) is 0 Å². The summed E-state index contributed by atoms with van der Waals surface area (Å²) in [6.45, 7) is 0. The molecule has 0 aliphatic carbocycles. The molecule has 56 valence electrons. The van der Waals surface area contributed by atoms with Crippen molar-refractivity contribution in [2.75, 3.05) is 0 Å². The first-order valence-electron chi connectivity index (χ1n) is 2.87. The van der Waals surface area contributed by atoms with Gasteiger partial charge in [-0.05, 0) is 12.2 Å². The lowest BCUT2D eigenvalue weighted by atomic mass is 10.2. The van der Waals surface area contributed by atoms with Gasteiger partial charge in [0.15, 0.2) is 5.94 Å². The number of dihydropyridines is 1. The van der Waals surface area contributed by atoms with Gasteiger partial charge in [-0.1, -0.05) is 0 Å². The Hall–Kier alpha value is -1.80. The van der Waals surface area contributed by atoms with Crippen LogP contribution >= 0.6 is 0 Å². The van der Waals surface area contributed by atoms with Crippen LogP contribution in [0.15, 0.2) is 29.6 Å². The molecule has 1 heterocycles. The van der Waals surface area contributed by atoms with Gasteiger partial charge in [-0.3, -0.25) is 0 Å². The first-order valence-corrected chi connectivity index (χ1v) is 2.87. The van der Waals surface area contributed by atoms with Crippen LogP contribution in [-0.2, 0) is 9.59 Å². The van der Waals surface area contributed by atoms with Gasteiger partial charge in [-0.25, -0.2) is 9.59 Å². The molecule has 0 bridgehead atoms. The molecule has 0 fully saturated rings. The second kappa shape index (κ2) is 2.86. The van der Waals surface area contributed by atoms with Crippen molar-refractivity contribution >= 4 is 11.9 Å². The van der Waals surface area contributed by atoms with Crippen LogP contribution in [0, 0.1) is 0 Å². The molecule has 0 unspecified atom stereocenters. The molecular weight excluding hydrogens is 146 g/mol. The number of carbonyl (C=O) groups excluding carboxylic acids is 1. The highest BCUT2D eigenvalue weighted by Crippen LogP contribution is 2.04. The molecule has 4 heteroatoms. The van der Waals surface area contributed by atoms with E-state index < -0.39 is 5.97 Å². The Bertz CT molecular complexity index is 295. The minimum atomic E-state index is -1.06. The van der Waals surface area contributed by atoms with Crippen LogP contribution < -0.4 is 5.32 Å². The average Bonchev–Trinajstić information content (AvgIpc) is 2.05. The Morgan fingerprint density at radius 2 is 2.36 bits per heavy atom. The fourth-order valence-corrected chi connectivity index (χ4v) is 0.658. The lowest BCUT2D eigenvalue weighted by Crippen LogP contribution is -2.11. The van der Waals surface area contributed by atoms with E-state index in [1.165, 1.54) is 18.4 Å². The molecule has 0 saturated heterocycles. The normalized spacial score (nSPS) is 14.9. The Morgan fingerprint density at radius 3 is 2.91 bits per heavy atom. The van der Waals surface area contributed by atoms with Crippen LogP contribution in [-0.4, -0.2) is 17.0 Å². The summed E-state index contributed by atoms with van der Waals surface area (Å²) in [7, 11) is 0. The Balaban J connectivity index is 2.98. The minimum absolute atomic E-state index is 0.0714. The number of carbonyl (C=O) groups is 1. The smallest absolute Gasteiger partial charge is 0.335 e. The zero-order chi connectivity index (χ0) is 8.27. The third-order valence-electron chi connectivity index (χ3n) is 1.16. The topological polar surface area (TPSA) is 66.4 Å². The molecule has 0 aromatic heterocycles. The van der Waals surface area contributed by atoms with Crippen LogP contribution in [0.1, 0.15) is 0 Å². The maximum Gasteiger partial charge on any atom is 0.335 e. The first kappa shape index (κ1) is 7.31. The van der Waals surface area contributed by atoms with Gasteiger partial charge < -0.3 is 10.4 Å². The third kappa shape index (κ3) is 1.56. The Morgan fingerprint density at radius 1 is 1.64 bits per heavy atom. The van der Waals surface area contributed by atoms with Crippen molar-refractivity contribution in [1.29, 1.82) is 0 Å². The van der Waals surface area contributed by atoms with Gasteiger partial charge in [0.2, 0.25) is 0 Å². The maximum atomic E-state index is 10.3. The minimum Gasteiger partial charge on any atom is -0.478 e. The van der Waals surface area contributed by atoms with Gasteiger partial charge >= 0.3 is 5.97 Å². The van der Waals surface area contributed by atoms with Gasteiger partial charge in [0.05, 0.1) is 5.57 Å². The van der Waals surface area contributed by atoms with E-state index in [1.807, 2.05) is 0 Å². The monoisotopic (exact) mass is 151 g/mol. The van der Waals surface area contributed by atoms with Crippen molar-refractivity contribution in [2.24, 2.45) is 0 Å². The molecule has 0 spiro atoms. The number of hydrogen-bond acceptors (Lipinski definition) is 3. The second-order valence-electron chi connectivity index (χ2n) is 1.90. The summed E-state index contributed by atoms with van der Waals surface area (Å²) < 4.78 is 0. The average molecular weight is 151 g/mol. The van der Waals surface area contributed by atoms with Gasteiger partial charge in [-0.15, -0.1) is 0 Å². The van der Waals surface area contributed by atoms with Crippen LogP contribution in [0.3, 0.4) is 0 Å². The summed E-state index contributed by atoms with van der Waals surface area (Å²) in [5.74, 6) is 0.494. The van der Waals surface area contributed by atoms with Crippen LogP contribution in [0.2, 0.25) is 0 Å². The fourth-order valence-electron chi connectivity index (χ4n) is 0.658. The quantitative estimate of drug-likeness (QED) is 0.510. The van der Waals surface area contributed by atoms with Crippen molar-refractivity contribution in [3.05, 3.63) is 29.6 Å². The molecule has 0 aromatic rings. The zero-order valence-electron chi connectivity index (χ0n) is 5.50. The van der Waals surface area contributed by atoms with Gasteiger partial charge in [0.1, 0.15) is 5.70 Å². The number of carboxylic acid groups (broad SMARTS) is 1. The van der Waals surface area contributed by atoms with Crippen molar-refractivity contribution in [3.63, 3.8) is 0 Å². The summed E-state index contributed by atoms with van der Waals surface area (Å²) in [5, 5.41) is 11.0. The fraction of sp³-hybridized carbons (Fsp3) is 0. The van der Waals surface area contributed by atoms with E-state index in [0.717, 1.165) is 0 Å². The van der Waals surface area contributed by atoms with Gasteiger partial charge in [0, 0.05) is 6.20 Å². The van der Waals surface area contributed by atoms with E-state index in [1.54, 1.807) is 5.94 Å². The number of hydrogen-bond donors (Lipinski definition) is 2. The lowest BCUT2D eigenvalue weighted by Gasteiger charge is -2.03. The SMILES string of the molecule is O=C=C1C=C(C(=O)O)C=CN1. The summed E-state index contributed by atoms with van der Waals surface area (Å²) >= 11 is 0. The number of carboxylic acids is 1. The van der Waals surface area contributed by atoms with Crippen LogP contribution in [0.5, 0.6) is 0 Å². The Labute approximate surface area is 62.5 Å². The molecule has 0 radical (unpaired) electrons. The highest BCUT2D eigenvalue weighted by Gasteiger charge is 2.07. The summed E-state index contributed by atoms with van der Waals surface area (Å²) in [6.07, 6.45) is 3.96. The van der Waals surface area contributed by atoms with Crippen LogP contribution in [0.25, 0.3) is 0 Å². The number of allylic oxidation sites excluding steroid dienone is 1. The summed E-state index contributed by atoms with van der Waals surface area (Å²) in [5.41, 5.74) is 0.201. The molecule has 0 amide bonds. The van der Waals surface area contributed by atoms with E-state index in [-0.39, 0.29) is 11.3 Å². The number of aliphatic carboxylic acids is 1. The summed E-state index contributed by atoms with van der Waals surface area (Å²) in [6, 6.07) is 0. The van der Waals surface area contributed by atoms with E-state index in [0.29, 0.717) is 0 Å². The van der Waals surface area contributed by atoms with Crippen molar-refractivity contribution < 1.29 is 14.7 Å². The van der Waals surface area contributed by atoms with Crippen LogP contribution in [0.4, 0.5) is 0 Å². The third-order valence-corrected chi connectivity index (χ3v) is 1.16. The molecule has 0 aromatic carbocycles. The molecule has 0 saturated carbocycles. The van der Waals surface area contributed by atoms with E-state index >= 15 is 0 Å². The van der Waals surface area contributed by atoms with E-state index in [9.17, 15) is 9.59 Å². The zero-order valence-corrected chi connectivity index (χ0v) is 5.50. The second-order valence-corrected chi connectivity index (χ2v) is 1.90. The lowest BCUT2D eigenvalue weighted by molar-refractivity contribution is -0.132. The molecule has 2 N–H and O–H groups in total.